The summed E-state index contributed by atoms with van der Waals surface area (Å²) in [7, 11) is -0.520. The van der Waals surface area contributed by atoms with E-state index in [4.69, 9.17) is 11.1 Å². The molecule has 0 aliphatic rings. The van der Waals surface area contributed by atoms with E-state index in [9.17, 15) is 0 Å². The molecule has 0 unspecified atom stereocenters. The first-order valence-electron chi connectivity index (χ1n) is 3.65. The highest BCUT2D eigenvalue weighted by Gasteiger charge is 1.90. The minimum atomic E-state index is -0.520. The normalized spacial score (nSPS) is 11.1. The van der Waals surface area contributed by atoms with E-state index in [1.54, 1.807) is 0 Å². The third-order valence-corrected chi connectivity index (χ3v) is 2.51. The van der Waals surface area contributed by atoms with Gasteiger partial charge < -0.3 is 4.98 Å². The number of nitrogens with one attached hydrogen (secondary N) is 1. The zero-order chi connectivity index (χ0) is 8.10. The first-order chi connectivity index (χ1) is 5.33. The Morgan fingerprint density at radius 1 is 1.55 bits per heavy atom. The van der Waals surface area contributed by atoms with Crippen LogP contribution in [-0.2, 0) is 6.54 Å². The van der Waals surface area contributed by atoms with Crippen LogP contribution in [0, 0.1) is 6.92 Å². The fourth-order valence-corrected chi connectivity index (χ4v) is 1.68. The van der Waals surface area contributed by atoms with Crippen LogP contribution in [0.3, 0.4) is 0 Å². The van der Waals surface area contributed by atoms with Crippen molar-refractivity contribution in [2.75, 3.05) is 0 Å². The summed E-state index contributed by atoms with van der Waals surface area (Å²) >= 11 is 5.62. The average molecular weight is 186 g/mol. The standard InChI is InChI=1S/C8H12ClNSi/c1-7-3-2-4-8(5-7)6-10-11-9/h2-5,10H,6,11H2,1H3. The second kappa shape index (κ2) is 4.54. The lowest BCUT2D eigenvalue weighted by molar-refractivity contribution is 0.956. The molecule has 60 valence electrons. The number of hydrogen-bond donors (Lipinski definition) is 1. The van der Waals surface area contributed by atoms with E-state index in [-0.39, 0.29) is 0 Å². The minimum absolute atomic E-state index is 0.520. The number of aryl methyl sites for hydroxylation is 1. The summed E-state index contributed by atoms with van der Waals surface area (Å²) in [5.74, 6) is 0. The monoisotopic (exact) mass is 185 g/mol. The SMILES string of the molecule is Cc1cccc(CN[SiH2]Cl)c1. The van der Waals surface area contributed by atoms with Crippen LogP contribution < -0.4 is 4.98 Å². The molecule has 0 saturated heterocycles. The third-order valence-electron chi connectivity index (χ3n) is 1.51. The van der Waals surface area contributed by atoms with Gasteiger partial charge in [-0.05, 0) is 12.5 Å². The molecule has 0 atom stereocenters. The van der Waals surface area contributed by atoms with Crippen LogP contribution in [0.15, 0.2) is 24.3 Å². The molecule has 0 aliphatic carbocycles. The number of benzene rings is 1. The van der Waals surface area contributed by atoms with Crippen molar-refractivity contribution in [2.45, 2.75) is 13.5 Å². The van der Waals surface area contributed by atoms with E-state index in [1.165, 1.54) is 11.1 Å². The van der Waals surface area contributed by atoms with Gasteiger partial charge in [0.1, 0.15) is 0 Å². The zero-order valence-electron chi connectivity index (χ0n) is 6.60. The van der Waals surface area contributed by atoms with Gasteiger partial charge in [-0.3, -0.25) is 0 Å². The lowest BCUT2D eigenvalue weighted by Gasteiger charge is -2.01. The molecule has 0 heterocycles. The van der Waals surface area contributed by atoms with Gasteiger partial charge in [-0.1, -0.05) is 29.8 Å². The molecule has 3 heteroatoms. The Morgan fingerprint density at radius 2 is 2.36 bits per heavy atom. The molecule has 0 aliphatic heterocycles. The van der Waals surface area contributed by atoms with E-state index in [2.05, 4.69) is 36.2 Å². The molecule has 0 spiro atoms. The summed E-state index contributed by atoms with van der Waals surface area (Å²) in [6.07, 6.45) is 0. The number of rotatable bonds is 3. The van der Waals surface area contributed by atoms with Crippen LogP contribution in [-0.4, -0.2) is 8.99 Å². The van der Waals surface area contributed by atoms with Crippen molar-refractivity contribution in [3.63, 3.8) is 0 Å². The highest BCUT2D eigenvalue weighted by Crippen LogP contribution is 2.02. The molecule has 0 radical (unpaired) electrons. The molecular weight excluding hydrogens is 174 g/mol. The highest BCUT2D eigenvalue weighted by atomic mass is 35.6. The Labute approximate surface area is 74.4 Å². The maximum atomic E-state index is 5.62. The fourth-order valence-electron chi connectivity index (χ4n) is 1.01. The van der Waals surface area contributed by atoms with E-state index in [1.807, 2.05) is 0 Å². The summed E-state index contributed by atoms with van der Waals surface area (Å²) in [6.45, 7) is 3.01. The summed E-state index contributed by atoms with van der Waals surface area (Å²) in [5, 5.41) is 0. The maximum Gasteiger partial charge on any atom is 0.195 e. The van der Waals surface area contributed by atoms with Gasteiger partial charge in [0.05, 0.1) is 0 Å². The lowest BCUT2D eigenvalue weighted by Crippen LogP contribution is -2.13. The van der Waals surface area contributed by atoms with Gasteiger partial charge in [0, 0.05) is 6.54 Å². The average Bonchev–Trinajstić information content (AvgIpc) is 2.01. The van der Waals surface area contributed by atoms with Crippen LogP contribution in [0.5, 0.6) is 0 Å². The number of halogens is 1. The fraction of sp³-hybridized carbons (Fsp3) is 0.250. The Kier molecular flexibility index (Phi) is 3.63. The molecular formula is C8H12ClNSi. The van der Waals surface area contributed by atoms with Crippen LogP contribution >= 0.6 is 11.1 Å². The van der Waals surface area contributed by atoms with Crippen molar-refractivity contribution in [1.29, 1.82) is 0 Å². The van der Waals surface area contributed by atoms with Crippen LogP contribution in [0.25, 0.3) is 0 Å². The summed E-state index contributed by atoms with van der Waals surface area (Å²) in [5.41, 5.74) is 2.62. The molecule has 1 nitrogen and oxygen atoms in total. The number of hydrogen-bond acceptors (Lipinski definition) is 1. The summed E-state index contributed by atoms with van der Waals surface area (Å²) in [4.78, 5) is 3.20. The first-order valence-corrected chi connectivity index (χ1v) is 6.49. The Hall–Kier alpha value is -0.313. The van der Waals surface area contributed by atoms with Crippen LogP contribution in [0.1, 0.15) is 11.1 Å². The second-order valence-corrected chi connectivity index (χ2v) is 4.12. The summed E-state index contributed by atoms with van der Waals surface area (Å²) < 4.78 is 0. The molecule has 1 aromatic carbocycles. The third kappa shape index (κ3) is 3.06. The lowest BCUT2D eigenvalue weighted by atomic mass is 10.1. The topological polar surface area (TPSA) is 12.0 Å². The first kappa shape index (κ1) is 8.78. The van der Waals surface area contributed by atoms with Crippen LogP contribution in [0.4, 0.5) is 0 Å². The van der Waals surface area contributed by atoms with Crippen molar-refractivity contribution in [2.24, 2.45) is 0 Å². The molecule has 0 amide bonds. The summed E-state index contributed by atoms with van der Waals surface area (Å²) in [6, 6.07) is 8.46. The molecule has 1 rings (SSSR count). The molecule has 0 aromatic heterocycles. The highest BCUT2D eigenvalue weighted by molar-refractivity contribution is 6.92. The van der Waals surface area contributed by atoms with Gasteiger partial charge in [0.25, 0.3) is 0 Å². The Balaban J connectivity index is 2.56. The van der Waals surface area contributed by atoms with Crippen molar-refractivity contribution in [1.82, 2.24) is 4.98 Å². The van der Waals surface area contributed by atoms with Crippen molar-refractivity contribution >= 4 is 20.1 Å². The quantitative estimate of drug-likeness (QED) is 0.554. The van der Waals surface area contributed by atoms with Crippen molar-refractivity contribution < 1.29 is 0 Å². The van der Waals surface area contributed by atoms with Crippen molar-refractivity contribution in [3.05, 3.63) is 35.4 Å². The van der Waals surface area contributed by atoms with Gasteiger partial charge in [0.15, 0.2) is 8.99 Å². The molecule has 0 saturated carbocycles. The van der Waals surface area contributed by atoms with E-state index < -0.39 is 8.99 Å². The van der Waals surface area contributed by atoms with Gasteiger partial charge in [-0.2, -0.15) is 11.1 Å². The van der Waals surface area contributed by atoms with Crippen molar-refractivity contribution in [3.8, 4) is 0 Å². The van der Waals surface area contributed by atoms with Gasteiger partial charge in [-0.15, -0.1) is 0 Å². The maximum absolute atomic E-state index is 5.62. The Bertz CT molecular complexity index is 227. The van der Waals surface area contributed by atoms with Gasteiger partial charge >= 0.3 is 0 Å². The molecule has 11 heavy (non-hydrogen) atoms. The minimum Gasteiger partial charge on any atom is -0.326 e. The molecule has 1 aromatic rings. The molecule has 0 bridgehead atoms. The second-order valence-electron chi connectivity index (χ2n) is 2.55. The molecule has 1 N–H and O–H groups in total. The Morgan fingerprint density at radius 3 is 3.00 bits per heavy atom. The predicted octanol–water partition coefficient (Wildman–Crippen LogP) is 1.32. The largest absolute Gasteiger partial charge is 0.326 e. The zero-order valence-corrected chi connectivity index (χ0v) is 8.77. The van der Waals surface area contributed by atoms with Crippen LogP contribution in [0.2, 0.25) is 0 Å². The van der Waals surface area contributed by atoms with Gasteiger partial charge in [0.2, 0.25) is 0 Å². The predicted molar refractivity (Wildman–Crippen MR) is 52.4 cm³/mol. The van der Waals surface area contributed by atoms with E-state index >= 15 is 0 Å². The molecule has 0 fully saturated rings. The van der Waals surface area contributed by atoms with Gasteiger partial charge in [-0.25, -0.2) is 0 Å². The smallest absolute Gasteiger partial charge is 0.195 e. The van der Waals surface area contributed by atoms with E-state index in [0.717, 1.165) is 6.54 Å². The van der Waals surface area contributed by atoms with E-state index in [0.29, 0.717) is 0 Å².